The van der Waals surface area contributed by atoms with Gasteiger partial charge in [0.05, 0.1) is 17.4 Å². The highest BCUT2D eigenvalue weighted by Crippen LogP contribution is 2.21. The number of thiophene rings is 1. The van der Waals surface area contributed by atoms with Crippen molar-refractivity contribution < 1.29 is 0 Å². The van der Waals surface area contributed by atoms with Crippen molar-refractivity contribution >= 4 is 22.9 Å². The highest BCUT2D eigenvalue weighted by molar-refractivity contribution is 7.16. The zero-order valence-corrected chi connectivity index (χ0v) is 11.3. The second-order valence-electron chi connectivity index (χ2n) is 3.74. The molecule has 0 spiro atoms. The second kappa shape index (κ2) is 6.14. The molecule has 0 aliphatic carbocycles. The number of hydrogen-bond acceptors (Lipinski definition) is 4. The van der Waals surface area contributed by atoms with Crippen LogP contribution in [0.5, 0.6) is 0 Å². The van der Waals surface area contributed by atoms with E-state index < -0.39 is 0 Å². The summed E-state index contributed by atoms with van der Waals surface area (Å²) in [5, 5.41) is 7.67. The number of hydrogen-bond donors (Lipinski definition) is 1. The van der Waals surface area contributed by atoms with Crippen molar-refractivity contribution in [2.45, 2.75) is 26.4 Å². The van der Waals surface area contributed by atoms with Crippen molar-refractivity contribution in [3.05, 3.63) is 33.5 Å². The smallest absolute Gasteiger partial charge is 0.164 e. The van der Waals surface area contributed by atoms with Crippen LogP contribution in [-0.2, 0) is 13.1 Å². The Morgan fingerprint density at radius 1 is 1.47 bits per heavy atom. The van der Waals surface area contributed by atoms with Crippen LogP contribution in [0, 0.1) is 0 Å². The van der Waals surface area contributed by atoms with Gasteiger partial charge in [-0.3, -0.25) is 0 Å². The standard InChI is InChI=1S/C11H15ClN4S/c1-2-5-13-6-11-14-8-16(15-11)7-9-3-4-10(12)17-9/h3-4,8,13H,2,5-7H2,1H3. The summed E-state index contributed by atoms with van der Waals surface area (Å²) in [4.78, 5) is 5.44. The van der Waals surface area contributed by atoms with E-state index in [-0.39, 0.29) is 0 Å². The van der Waals surface area contributed by atoms with Crippen molar-refractivity contribution in [1.82, 2.24) is 20.1 Å². The number of rotatable bonds is 6. The van der Waals surface area contributed by atoms with E-state index in [1.807, 2.05) is 16.8 Å². The molecule has 0 fully saturated rings. The van der Waals surface area contributed by atoms with Crippen molar-refractivity contribution in [2.75, 3.05) is 6.54 Å². The summed E-state index contributed by atoms with van der Waals surface area (Å²) in [6.45, 7) is 4.60. The highest BCUT2D eigenvalue weighted by Gasteiger charge is 2.03. The quantitative estimate of drug-likeness (QED) is 0.821. The van der Waals surface area contributed by atoms with Gasteiger partial charge in [-0.15, -0.1) is 11.3 Å². The fourth-order valence-corrected chi connectivity index (χ4v) is 2.54. The maximum Gasteiger partial charge on any atom is 0.164 e. The number of halogens is 1. The SMILES string of the molecule is CCCNCc1ncn(Cc2ccc(Cl)s2)n1. The Bertz CT molecular complexity index is 465. The van der Waals surface area contributed by atoms with Crippen LogP contribution in [0.15, 0.2) is 18.5 Å². The predicted molar refractivity (Wildman–Crippen MR) is 70.5 cm³/mol. The van der Waals surface area contributed by atoms with E-state index in [9.17, 15) is 0 Å². The summed E-state index contributed by atoms with van der Waals surface area (Å²) in [7, 11) is 0. The molecule has 4 nitrogen and oxygen atoms in total. The first-order chi connectivity index (χ1) is 8.28. The zero-order chi connectivity index (χ0) is 12.1. The van der Waals surface area contributed by atoms with Gasteiger partial charge in [-0.05, 0) is 25.1 Å². The summed E-state index contributed by atoms with van der Waals surface area (Å²) < 4.78 is 2.65. The third kappa shape index (κ3) is 3.80. The lowest BCUT2D eigenvalue weighted by atomic mass is 10.5. The minimum Gasteiger partial charge on any atom is -0.310 e. The first-order valence-electron chi connectivity index (χ1n) is 5.61. The maximum absolute atomic E-state index is 5.88. The molecule has 0 aliphatic heterocycles. The van der Waals surface area contributed by atoms with Crippen molar-refractivity contribution in [2.24, 2.45) is 0 Å². The molecule has 2 aromatic heterocycles. The Labute approximate surface area is 110 Å². The topological polar surface area (TPSA) is 42.7 Å². The minimum atomic E-state index is 0.728. The molecule has 0 aliphatic rings. The number of aromatic nitrogens is 3. The molecular weight excluding hydrogens is 256 g/mol. The van der Waals surface area contributed by atoms with Gasteiger partial charge in [-0.2, -0.15) is 5.10 Å². The molecule has 17 heavy (non-hydrogen) atoms. The molecule has 2 heterocycles. The van der Waals surface area contributed by atoms with Crippen molar-refractivity contribution in [3.63, 3.8) is 0 Å². The van der Waals surface area contributed by atoms with Gasteiger partial charge in [0.25, 0.3) is 0 Å². The van der Waals surface area contributed by atoms with Crippen LogP contribution in [0.3, 0.4) is 0 Å². The van der Waals surface area contributed by atoms with Gasteiger partial charge >= 0.3 is 0 Å². The Hall–Kier alpha value is -0.910. The van der Waals surface area contributed by atoms with E-state index >= 15 is 0 Å². The van der Waals surface area contributed by atoms with Crippen LogP contribution in [0.25, 0.3) is 0 Å². The third-order valence-corrected chi connectivity index (χ3v) is 3.46. The van der Waals surface area contributed by atoms with Crippen LogP contribution in [0.4, 0.5) is 0 Å². The molecule has 1 N–H and O–H groups in total. The molecule has 2 rings (SSSR count). The molecule has 92 valence electrons. The van der Waals surface area contributed by atoms with E-state index in [4.69, 9.17) is 11.6 Å². The van der Waals surface area contributed by atoms with Crippen molar-refractivity contribution in [1.29, 1.82) is 0 Å². The Morgan fingerprint density at radius 3 is 3.06 bits per heavy atom. The van der Waals surface area contributed by atoms with Gasteiger partial charge in [-0.25, -0.2) is 9.67 Å². The van der Waals surface area contributed by atoms with Gasteiger partial charge in [0.1, 0.15) is 6.33 Å². The van der Waals surface area contributed by atoms with Gasteiger partial charge in [-0.1, -0.05) is 18.5 Å². The molecule has 0 bridgehead atoms. The van der Waals surface area contributed by atoms with E-state index in [0.717, 1.165) is 36.2 Å². The van der Waals surface area contributed by atoms with Gasteiger partial charge < -0.3 is 5.32 Å². The largest absolute Gasteiger partial charge is 0.310 e. The summed E-state index contributed by atoms with van der Waals surface area (Å²) in [5.74, 6) is 0.834. The molecule has 2 aromatic rings. The average Bonchev–Trinajstić information content (AvgIpc) is 2.90. The van der Waals surface area contributed by atoms with Crippen LogP contribution in [-0.4, -0.2) is 21.3 Å². The van der Waals surface area contributed by atoms with Crippen LogP contribution in [0.2, 0.25) is 4.34 Å². The number of nitrogens with zero attached hydrogens (tertiary/aromatic N) is 3. The lowest BCUT2D eigenvalue weighted by Gasteiger charge is -1.98. The summed E-state index contributed by atoms with van der Waals surface area (Å²) in [5.41, 5.74) is 0. The fourth-order valence-electron chi connectivity index (χ4n) is 1.46. The first-order valence-corrected chi connectivity index (χ1v) is 6.80. The van der Waals surface area contributed by atoms with Gasteiger partial charge in [0.15, 0.2) is 5.82 Å². The van der Waals surface area contributed by atoms with Crippen molar-refractivity contribution in [3.8, 4) is 0 Å². The molecule has 0 amide bonds. The normalized spacial score (nSPS) is 10.9. The van der Waals surface area contributed by atoms with Crippen LogP contribution >= 0.6 is 22.9 Å². The Balaban J connectivity index is 1.89. The summed E-state index contributed by atoms with van der Waals surface area (Å²) in [6.07, 6.45) is 2.88. The number of nitrogens with one attached hydrogen (secondary N) is 1. The Kier molecular flexibility index (Phi) is 4.53. The molecule has 0 atom stereocenters. The lowest BCUT2D eigenvalue weighted by molar-refractivity contribution is 0.627. The highest BCUT2D eigenvalue weighted by atomic mass is 35.5. The molecular formula is C11H15ClN4S. The van der Waals surface area contributed by atoms with E-state index in [0.29, 0.717) is 0 Å². The van der Waals surface area contributed by atoms with Crippen LogP contribution < -0.4 is 5.32 Å². The maximum atomic E-state index is 5.88. The molecule has 0 saturated heterocycles. The zero-order valence-electron chi connectivity index (χ0n) is 9.69. The lowest BCUT2D eigenvalue weighted by Crippen LogP contribution is -2.15. The second-order valence-corrected chi connectivity index (χ2v) is 5.54. The first kappa shape index (κ1) is 12.5. The molecule has 0 unspecified atom stereocenters. The Morgan fingerprint density at radius 2 is 2.35 bits per heavy atom. The van der Waals surface area contributed by atoms with Crippen LogP contribution in [0.1, 0.15) is 24.0 Å². The molecule has 0 saturated carbocycles. The van der Waals surface area contributed by atoms with E-state index in [1.54, 1.807) is 17.7 Å². The average molecular weight is 271 g/mol. The molecule has 0 radical (unpaired) electrons. The monoisotopic (exact) mass is 270 g/mol. The van der Waals surface area contributed by atoms with Gasteiger partial charge in [0, 0.05) is 4.88 Å². The third-order valence-electron chi connectivity index (χ3n) is 2.24. The fraction of sp³-hybridized carbons (Fsp3) is 0.455. The van der Waals surface area contributed by atoms with Gasteiger partial charge in [0.2, 0.25) is 0 Å². The summed E-state index contributed by atoms with van der Waals surface area (Å²) in [6, 6.07) is 3.92. The minimum absolute atomic E-state index is 0.728. The molecule has 0 aromatic carbocycles. The predicted octanol–water partition coefficient (Wildman–Crippen LogP) is 2.54. The van der Waals surface area contributed by atoms with E-state index in [2.05, 4.69) is 22.3 Å². The summed E-state index contributed by atoms with van der Waals surface area (Å²) >= 11 is 7.45. The van der Waals surface area contributed by atoms with E-state index in [1.165, 1.54) is 4.88 Å². The molecule has 6 heteroatoms.